The third-order valence-electron chi connectivity index (χ3n) is 14.6. The molecule has 5 aliphatic rings. The van der Waals surface area contributed by atoms with E-state index in [-0.39, 0.29) is 51.3 Å². The largest absolute Gasteiger partial charge is 0.393 e. The van der Waals surface area contributed by atoms with E-state index in [2.05, 4.69) is 46.9 Å². The van der Waals surface area contributed by atoms with Crippen molar-refractivity contribution in [2.24, 2.45) is 45.7 Å². The maximum absolute atomic E-state index is 12.8. The molecule has 8 heteroatoms. The minimum absolute atomic E-state index is 0.0221. The number of thiazole rings is 1. The van der Waals surface area contributed by atoms with Gasteiger partial charge in [0.1, 0.15) is 0 Å². The fourth-order valence-corrected chi connectivity index (χ4v) is 13.5. The summed E-state index contributed by atoms with van der Waals surface area (Å²) in [7, 11) is 0. The van der Waals surface area contributed by atoms with Crippen molar-refractivity contribution >= 4 is 22.4 Å². The number of amides is 1. The molecule has 7 nitrogen and oxygen atoms in total. The quantitative estimate of drug-likeness (QED) is 0.227. The molecule has 1 aromatic heterocycles. The van der Waals surface area contributed by atoms with Crippen molar-refractivity contribution < 1.29 is 19.7 Å². The third-order valence-corrected chi connectivity index (χ3v) is 15.6. The van der Waals surface area contributed by atoms with E-state index in [4.69, 9.17) is 15.5 Å². The van der Waals surface area contributed by atoms with Gasteiger partial charge >= 0.3 is 0 Å². The Bertz CT molecular complexity index is 1290. The highest BCUT2D eigenvalue weighted by Gasteiger charge is 2.72. The van der Waals surface area contributed by atoms with E-state index in [1.165, 1.54) is 17.0 Å². The molecule has 10 atom stereocenters. The van der Waals surface area contributed by atoms with Crippen molar-refractivity contribution in [3.05, 3.63) is 10.6 Å². The van der Waals surface area contributed by atoms with E-state index in [0.29, 0.717) is 30.7 Å². The normalized spacial score (nSPS) is 43.7. The van der Waals surface area contributed by atoms with Gasteiger partial charge in [0.15, 0.2) is 5.13 Å². The topological polar surface area (TPSA) is 118 Å². The van der Waals surface area contributed by atoms with E-state index in [0.717, 1.165) is 69.3 Å². The van der Waals surface area contributed by atoms with Crippen LogP contribution in [-0.2, 0) is 21.4 Å². The zero-order chi connectivity index (χ0) is 32.8. The lowest BCUT2D eigenvalue weighted by Crippen LogP contribution is -2.66. The number of carbonyl (C=O) groups is 1. The molecule has 45 heavy (non-hydrogen) atoms. The van der Waals surface area contributed by atoms with Crippen LogP contribution in [0, 0.1) is 39.9 Å². The summed E-state index contributed by atoms with van der Waals surface area (Å²) in [6.45, 7) is 19.0. The molecule has 3 saturated carbocycles. The lowest BCUT2D eigenvalue weighted by molar-refractivity contribution is -0.227. The van der Waals surface area contributed by atoms with Crippen molar-refractivity contribution in [3.8, 4) is 0 Å². The minimum Gasteiger partial charge on any atom is -0.393 e. The monoisotopic (exact) mass is 643 g/mol. The fraction of sp³-hybridized carbons (Fsp3) is 0.892. The summed E-state index contributed by atoms with van der Waals surface area (Å²) >= 11 is 1.68. The van der Waals surface area contributed by atoms with Crippen LogP contribution in [0.1, 0.15) is 137 Å². The Balaban J connectivity index is 1.27. The summed E-state index contributed by atoms with van der Waals surface area (Å²) in [5, 5.41) is 26.9. The highest BCUT2D eigenvalue weighted by Crippen LogP contribution is 2.76. The average molecular weight is 644 g/mol. The highest BCUT2D eigenvalue weighted by molar-refractivity contribution is 7.15. The Hall–Kier alpha value is -1.06. The van der Waals surface area contributed by atoms with Crippen LogP contribution in [0.2, 0.25) is 0 Å². The van der Waals surface area contributed by atoms with Gasteiger partial charge in [0.25, 0.3) is 0 Å². The second kappa shape index (κ2) is 11.2. The molecule has 1 amide bonds. The Morgan fingerprint density at radius 3 is 2.40 bits per heavy atom. The van der Waals surface area contributed by atoms with Crippen molar-refractivity contribution in [2.45, 2.75) is 161 Å². The highest BCUT2D eigenvalue weighted by atomic mass is 32.1. The van der Waals surface area contributed by atoms with Gasteiger partial charge in [-0.3, -0.25) is 4.79 Å². The van der Waals surface area contributed by atoms with Crippen molar-refractivity contribution in [1.29, 1.82) is 0 Å². The SMILES string of the molecule is CC(C)(O)[C@H]1CC[C@@](C)([C@H]2CC[C@]3(C)[C@@H]2[C@H](O)C[C@@H]2[C@@]4(C)Cc5sc(NC(=O)CCCCCN)nc5C(C)(C)[C@@H]4CC[C@]23C)O1. The van der Waals surface area contributed by atoms with Gasteiger partial charge in [-0.2, -0.15) is 0 Å². The molecule has 2 heterocycles. The van der Waals surface area contributed by atoms with Gasteiger partial charge in [-0.1, -0.05) is 41.0 Å². The Labute approximate surface area is 275 Å². The summed E-state index contributed by atoms with van der Waals surface area (Å²) in [5.41, 5.74) is 5.68. The van der Waals surface area contributed by atoms with Gasteiger partial charge in [-0.15, -0.1) is 11.3 Å². The molecule has 0 bridgehead atoms. The number of nitrogens with two attached hydrogens (primary N) is 1. The van der Waals surface area contributed by atoms with Gasteiger partial charge in [0.2, 0.25) is 5.91 Å². The molecule has 4 fully saturated rings. The minimum atomic E-state index is -0.856. The van der Waals surface area contributed by atoms with Gasteiger partial charge in [-0.25, -0.2) is 4.98 Å². The van der Waals surface area contributed by atoms with Crippen LogP contribution in [0.15, 0.2) is 0 Å². The number of aliphatic hydroxyl groups excluding tert-OH is 1. The molecule has 254 valence electrons. The van der Waals surface area contributed by atoms with Crippen LogP contribution in [0.25, 0.3) is 0 Å². The predicted octanol–water partition coefficient (Wildman–Crippen LogP) is 6.98. The number of aromatic nitrogens is 1. The van der Waals surface area contributed by atoms with Gasteiger partial charge in [-0.05, 0) is 131 Å². The van der Waals surface area contributed by atoms with Crippen LogP contribution in [0.3, 0.4) is 0 Å². The zero-order valence-corrected chi connectivity index (χ0v) is 30.1. The lowest BCUT2D eigenvalue weighted by atomic mass is 9.35. The maximum Gasteiger partial charge on any atom is 0.226 e. The first-order valence-electron chi connectivity index (χ1n) is 18.0. The molecule has 0 aromatic carbocycles. The second-order valence-electron chi connectivity index (χ2n) is 17.9. The number of ether oxygens (including phenoxy) is 1. The number of rotatable bonds is 8. The maximum atomic E-state index is 12.8. The van der Waals surface area contributed by atoms with E-state index >= 15 is 0 Å². The van der Waals surface area contributed by atoms with Gasteiger partial charge in [0, 0.05) is 16.7 Å². The molecule has 1 saturated heterocycles. The van der Waals surface area contributed by atoms with E-state index < -0.39 is 5.60 Å². The van der Waals surface area contributed by atoms with Crippen molar-refractivity contribution in [3.63, 3.8) is 0 Å². The number of unbranched alkanes of at least 4 members (excludes halogenated alkanes) is 2. The van der Waals surface area contributed by atoms with Crippen molar-refractivity contribution in [2.75, 3.05) is 11.9 Å². The number of fused-ring (bicyclic) bond motifs is 6. The van der Waals surface area contributed by atoms with Gasteiger partial charge in [0.05, 0.1) is 29.1 Å². The van der Waals surface area contributed by atoms with Crippen LogP contribution in [-0.4, -0.2) is 51.1 Å². The Morgan fingerprint density at radius 2 is 1.73 bits per heavy atom. The average Bonchev–Trinajstić information content (AvgIpc) is 3.64. The number of aliphatic hydroxyl groups is 2. The summed E-state index contributed by atoms with van der Waals surface area (Å²) in [4.78, 5) is 19.2. The fourth-order valence-electron chi connectivity index (χ4n) is 12.2. The van der Waals surface area contributed by atoms with Crippen LogP contribution in [0.5, 0.6) is 0 Å². The number of nitrogens with one attached hydrogen (secondary N) is 1. The van der Waals surface area contributed by atoms with E-state index in [9.17, 15) is 15.0 Å². The molecule has 0 spiro atoms. The predicted molar refractivity (Wildman–Crippen MR) is 181 cm³/mol. The molecule has 4 aliphatic carbocycles. The molecule has 1 aromatic rings. The van der Waals surface area contributed by atoms with Crippen LogP contribution in [0.4, 0.5) is 5.13 Å². The molecular formula is C37H61N3O4S. The van der Waals surface area contributed by atoms with Crippen molar-refractivity contribution in [1.82, 2.24) is 4.98 Å². The first-order valence-corrected chi connectivity index (χ1v) is 18.8. The molecule has 6 rings (SSSR count). The van der Waals surface area contributed by atoms with Crippen LogP contribution >= 0.6 is 11.3 Å². The van der Waals surface area contributed by atoms with Gasteiger partial charge < -0.3 is 26.0 Å². The summed E-state index contributed by atoms with van der Waals surface area (Å²) in [6.07, 6.45) is 10.9. The summed E-state index contributed by atoms with van der Waals surface area (Å²) in [6, 6.07) is 0. The number of carbonyl (C=O) groups excluding carboxylic acids is 1. The Kier molecular flexibility index (Phi) is 8.46. The molecular weight excluding hydrogens is 582 g/mol. The Morgan fingerprint density at radius 1 is 1.02 bits per heavy atom. The number of nitrogens with zero attached hydrogens (tertiary/aromatic N) is 1. The van der Waals surface area contributed by atoms with E-state index in [1.54, 1.807) is 11.3 Å². The first-order chi connectivity index (χ1) is 20.9. The molecule has 0 unspecified atom stereocenters. The summed E-state index contributed by atoms with van der Waals surface area (Å²) < 4.78 is 6.74. The molecule has 1 aliphatic heterocycles. The first kappa shape index (κ1) is 33.8. The zero-order valence-electron chi connectivity index (χ0n) is 29.3. The van der Waals surface area contributed by atoms with E-state index in [1.807, 2.05) is 13.8 Å². The molecule has 5 N–H and O–H groups in total. The smallest absolute Gasteiger partial charge is 0.226 e. The summed E-state index contributed by atoms with van der Waals surface area (Å²) in [5.74, 6) is 1.41. The number of hydrogen-bond donors (Lipinski definition) is 4. The number of hydrogen-bond acceptors (Lipinski definition) is 7. The standard InChI is InChI=1S/C37H61N3O4S/c1-32(2)25-14-17-35(6)26(34(25,5)21-24-30(32)40-31(45-24)39-28(42)12-10-9-11-19-38)20-23(41)29-22(13-16-36(29,35)7)37(8)18-15-27(44-37)33(3,4)43/h22-23,25-27,29,41,43H,9-21,38H2,1-8H3,(H,39,40,42)/t22-,23+,25-,26+,27+,29-,34-,35+,36+,37-/m0/s1. The lowest BCUT2D eigenvalue weighted by Gasteiger charge is -2.69. The number of anilines is 1. The second-order valence-corrected chi connectivity index (χ2v) is 19.0. The van der Waals surface area contributed by atoms with Crippen LogP contribution < -0.4 is 11.1 Å². The third kappa shape index (κ3) is 5.17. The molecule has 0 radical (unpaired) electrons.